The van der Waals surface area contributed by atoms with Crippen LogP contribution in [0.2, 0.25) is 0 Å². The summed E-state index contributed by atoms with van der Waals surface area (Å²) in [6, 6.07) is 6.15. The standard InChI is InChI=1S/C16H20N2O3/c1-11-3-5-15(13(9-11)4-6-16(20)21)18-8-7-14(10-18)17-12(2)19/h3-6,9,14H,7-8,10H2,1-2H3,(H,17,19)(H,20,21)/b6-4+. The molecule has 0 aromatic heterocycles. The molecule has 1 atom stereocenters. The number of benzene rings is 1. The Bertz CT molecular complexity index is 581. The average Bonchev–Trinajstić information content (AvgIpc) is 2.83. The lowest BCUT2D eigenvalue weighted by Crippen LogP contribution is -2.35. The molecule has 0 saturated carbocycles. The summed E-state index contributed by atoms with van der Waals surface area (Å²) in [6.45, 7) is 5.10. The molecule has 0 radical (unpaired) electrons. The van der Waals surface area contributed by atoms with E-state index in [1.807, 2.05) is 25.1 Å². The fourth-order valence-corrected chi connectivity index (χ4v) is 2.64. The van der Waals surface area contributed by atoms with E-state index in [-0.39, 0.29) is 11.9 Å². The minimum Gasteiger partial charge on any atom is -0.478 e. The number of aliphatic carboxylic acids is 1. The molecule has 1 fully saturated rings. The zero-order valence-corrected chi connectivity index (χ0v) is 12.3. The zero-order valence-electron chi connectivity index (χ0n) is 12.3. The molecule has 1 heterocycles. The number of rotatable bonds is 4. The third-order valence-corrected chi connectivity index (χ3v) is 3.52. The van der Waals surface area contributed by atoms with Gasteiger partial charge in [0.15, 0.2) is 0 Å². The van der Waals surface area contributed by atoms with E-state index in [9.17, 15) is 9.59 Å². The second-order valence-electron chi connectivity index (χ2n) is 5.37. The van der Waals surface area contributed by atoms with Gasteiger partial charge in [-0.3, -0.25) is 4.79 Å². The van der Waals surface area contributed by atoms with Crippen LogP contribution >= 0.6 is 0 Å². The molecule has 1 aliphatic heterocycles. The molecule has 0 aliphatic carbocycles. The summed E-state index contributed by atoms with van der Waals surface area (Å²) in [7, 11) is 0. The number of amides is 1. The number of hydrogen-bond acceptors (Lipinski definition) is 3. The number of anilines is 1. The molecule has 2 N–H and O–H groups in total. The van der Waals surface area contributed by atoms with Crippen molar-refractivity contribution in [2.45, 2.75) is 26.3 Å². The molecule has 5 heteroatoms. The first-order valence-electron chi connectivity index (χ1n) is 6.99. The highest BCUT2D eigenvalue weighted by Crippen LogP contribution is 2.27. The number of nitrogens with one attached hydrogen (secondary N) is 1. The van der Waals surface area contributed by atoms with Gasteiger partial charge in [-0.25, -0.2) is 4.79 Å². The Kier molecular flexibility index (Phi) is 4.62. The van der Waals surface area contributed by atoms with Gasteiger partial charge in [-0.05, 0) is 37.1 Å². The number of nitrogens with zero attached hydrogens (tertiary/aromatic N) is 1. The summed E-state index contributed by atoms with van der Waals surface area (Å²) in [6.07, 6.45) is 3.67. The van der Waals surface area contributed by atoms with Crippen molar-refractivity contribution in [3.8, 4) is 0 Å². The van der Waals surface area contributed by atoms with E-state index in [0.29, 0.717) is 0 Å². The second-order valence-corrected chi connectivity index (χ2v) is 5.37. The smallest absolute Gasteiger partial charge is 0.328 e. The van der Waals surface area contributed by atoms with Crippen LogP contribution in [0.1, 0.15) is 24.5 Å². The van der Waals surface area contributed by atoms with Crippen LogP contribution in [-0.4, -0.2) is 36.1 Å². The van der Waals surface area contributed by atoms with Crippen LogP contribution < -0.4 is 10.2 Å². The average molecular weight is 288 g/mol. The topological polar surface area (TPSA) is 69.6 Å². The number of hydrogen-bond donors (Lipinski definition) is 2. The van der Waals surface area contributed by atoms with E-state index in [1.165, 1.54) is 6.92 Å². The van der Waals surface area contributed by atoms with E-state index < -0.39 is 5.97 Å². The minimum absolute atomic E-state index is 0.0169. The Morgan fingerprint density at radius 2 is 2.19 bits per heavy atom. The summed E-state index contributed by atoms with van der Waals surface area (Å²) in [4.78, 5) is 24.0. The van der Waals surface area contributed by atoms with E-state index in [1.54, 1.807) is 6.08 Å². The molecule has 2 rings (SSSR count). The van der Waals surface area contributed by atoms with Crippen molar-refractivity contribution < 1.29 is 14.7 Å². The quantitative estimate of drug-likeness (QED) is 0.829. The van der Waals surface area contributed by atoms with E-state index in [2.05, 4.69) is 10.2 Å². The Morgan fingerprint density at radius 1 is 1.43 bits per heavy atom. The highest BCUT2D eigenvalue weighted by molar-refractivity contribution is 5.87. The molecule has 1 amide bonds. The summed E-state index contributed by atoms with van der Waals surface area (Å²) in [5, 5.41) is 11.7. The van der Waals surface area contributed by atoms with E-state index in [4.69, 9.17) is 5.11 Å². The summed E-state index contributed by atoms with van der Waals surface area (Å²) >= 11 is 0. The fraction of sp³-hybridized carbons (Fsp3) is 0.375. The summed E-state index contributed by atoms with van der Waals surface area (Å²) in [5.41, 5.74) is 2.98. The number of aryl methyl sites for hydroxylation is 1. The highest BCUT2D eigenvalue weighted by Gasteiger charge is 2.24. The first-order valence-corrected chi connectivity index (χ1v) is 6.99. The Hall–Kier alpha value is -2.30. The number of carboxylic acids is 1. The maximum atomic E-state index is 11.1. The van der Waals surface area contributed by atoms with Gasteiger partial charge in [-0.15, -0.1) is 0 Å². The van der Waals surface area contributed by atoms with Gasteiger partial charge < -0.3 is 15.3 Å². The first kappa shape index (κ1) is 15.1. The molecule has 1 aromatic rings. The van der Waals surface area contributed by atoms with Gasteiger partial charge in [0.25, 0.3) is 0 Å². The number of carbonyl (C=O) groups excluding carboxylic acids is 1. The largest absolute Gasteiger partial charge is 0.478 e. The monoisotopic (exact) mass is 288 g/mol. The van der Waals surface area contributed by atoms with Gasteiger partial charge in [0.1, 0.15) is 0 Å². The molecule has 1 aromatic carbocycles. The predicted molar refractivity (Wildman–Crippen MR) is 82.3 cm³/mol. The van der Waals surface area contributed by atoms with Crippen LogP contribution in [0.4, 0.5) is 5.69 Å². The Labute approximate surface area is 124 Å². The van der Waals surface area contributed by atoms with E-state index >= 15 is 0 Å². The highest BCUT2D eigenvalue weighted by atomic mass is 16.4. The van der Waals surface area contributed by atoms with Crippen molar-refractivity contribution in [2.24, 2.45) is 0 Å². The predicted octanol–water partition coefficient (Wildman–Crippen LogP) is 1.81. The Balaban J connectivity index is 2.20. The molecule has 0 spiro atoms. The summed E-state index contributed by atoms with van der Waals surface area (Å²) < 4.78 is 0. The molecule has 1 saturated heterocycles. The SMILES string of the molecule is CC(=O)NC1CCN(c2ccc(C)cc2/C=C/C(=O)O)C1. The van der Waals surface area contributed by atoms with Gasteiger partial charge in [-0.1, -0.05) is 11.6 Å². The normalized spacial score (nSPS) is 18.2. The van der Waals surface area contributed by atoms with Gasteiger partial charge in [0, 0.05) is 37.8 Å². The lowest BCUT2D eigenvalue weighted by Gasteiger charge is -2.21. The minimum atomic E-state index is -0.958. The van der Waals surface area contributed by atoms with Crippen LogP contribution in [0.25, 0.3) is 6.08 Å². The van der Waals surface area contributed by atoms with Crippen molar-refractivity contribution >= 4 is 23.6 Å². The fourth-order valence-electron chi connectivity index (χ4n) is 2.64. The molecule has 112 valence electrons. The maximum Gasteiger partial charge on any atom is 0.328 e. The first-order chi connectivity index (χ1) is 9.95. The number of carboxylic acid groups (broad SMARTS) is 1. The van der Waals surface area contributed by atoms with Gasteiger partial charge in [-0.2, -0.15) is 0 Å². The maximum absolute atomic E-state index is 11.1. The third-order valence-electron chi connectivity index (χ3n) is 3.52. The molecule has 21 heavy (non-hydrogen) atoms. The van der Waals surface area contributed by atoms with Crippen LogP contribution in [0, 0.1) is 6.92 Å². The molecule has 1 unspecified atom stereocenters. The number of carbonyl (C=O) groups is 2. The molecule has 5 nitrogen and oxygen atoms in total. The van der Waals surface area contributed by atoms with Crippen LogP contribution in [-0.2, 0) is 9.59 Å². The van der Waals surface area contributed by atoms with Crippen molar-refractivity contribution in [1.82, 2.24) is 5.32 Å². The molecular formula is C16H20N2O3. The Morgan fingerprint density at radius 3 is 2.86 bits per heavy atom. The van der Waals surface area contributed by atoms with Crippen LogP contribution in [0.5, 0.6) is 0 Å². The zero-order chi connectivity index (χ0) is 15.4. The van der Waals surface area contributed by atoms with Gasteiger partial charge >= 0.3 is 5.97 Å². The van der Waals surface area contributed by atoms with E-state index in [0.717, 1.165) is 42.4 Å². The van der Waals surface area contributed by atoms with Gasteiger partial charge in [0.05, 0.1) is 0 Å². The second kappa shape index (κ2) is 6.43. The van der Waals surface area contributed by atoms with Crippen LogP contribution in [0.15, 0.2) is 24.3 Å². The lowest BCUT2D eigenvalue weighted by molar-refractivity contribution is -0.131. The van der Waals surface area contributed by atoms with Crippen LogP contribution in [0.3, 0.4) is 0 Å². The summed E-state index contributed by atoms with van der Waals surface area (Å²) in [5.74, 6) is -0.975. The van der Waals surface area contributed by atoms with Gasteiger partial charge in [0.2, 0.25) is 5.91 Å². The molecule has 1 aliphatic rings. The van der Waals surface area contributed by atoms with Crippen molar-refractivity contribution in [1.29, 1.82) is 0 Å². The molecular weight excluding hydrogens is 268 g/mol. The third kappa shape index (κ3) is 4.08. The van der Waals surface area contributed by atoms with Crippen molar-refractivity contribution in [3.05, 3.63) is 35.4 Å². The van der Waals surface area contributed by atoms with Crippen molar-refractivity contribution in [2.75, 3.05) is 18.0 Å². The molecule has 0 bridgehead atoms. The van der Waals surface area contributed by atoms with Crippen molar-refractivity contribution in [3.63, 3.8) is 0 Å². The lowest BCUT2D eigenvalue weighted by atomic mass is 10.1.